The number of benzene rings is 2. The quantitative estimate of drug-likeness (QED) is 0.644. The van der Waals surface area contributed by atoms with Crippen LogP contribution in [0.3, 0.4) is 0 Å². The molecule has 1 fully saturated rings. The minimum absolute atomic E-state index is 0.0921. The lowest BCUT2D eigenvalue weighted by Gasteiger charge is -2.15. The molecule has 1 N–H and O–H groups in total. The lowest BCUT2D eigenvalue weighted by molar-refractivity contribution is 0.238. The summed E-state index contributed by atoms with van der Waals surface area (Å²) in [5.41, 5.74) is 2.50. The molecule has 5 nitrogen and oxygen atoms in total. The van der Waals surface area contributed by atoms with Crippen molar-refractivity contribution in [3.63, 3.8) is 0 Å². The zero-order chi connectivity index (χ0) is 20.8. The van der Waals surface area contributed by atoms with E-state index in [1.54, 1.807) is 29.0 Å². The van der Waals surface area contributed by atoms with Gasteiger partial charge in [0.15, 0.2) is 0 Å². The standard InChI is InChI=1S/C25H26N2O3/c28-23-9-5-20(6-10-23)3-4-21-13-16-27(25(29)19-21)22-7-11-24(12-8-22)30-18-17-26-14-1-2-15-26/h3-13,16,19,28H,1-2,14-15,17-18H2. The van der Waals surface area contributed by atoms with Crippen molar-refractivity contribution in [2.24, 2.45) is 0 Å². The van der Waals surface area contributed by atoms with Crippen LogP contribution in [-0.4, -0.2) is 40.8 Å². The molecular formula is C25H26N2O3. The van der Waals surface area contributed by atoms with E-state index in [1.165, 1.54) is 25.9 Å². The summed E-state index contributed by atoms with van der Waals surface area (Å²) in [5.74, 6) is 1.05. The third kappa shape index (κ3) is 5.19. The fraction of sp³-hybridized carbons (Fsp3) is 0.240. The van der Waals surface area contributed by atoms with Gasteiger partial charge in [-0.3, -0.25) is 14.3 Å². The second kappa shape index (κ2) is 9.46. The molecule has 1 aliphatic heterocycles. The molecule has 0 unspecified atom stereocenters. The van der Waals surface area contributed by atoms with E-state index in [-0.39, 0.29) is 11.3 Å². The van der Waals surface area contributed by atoms with Gasteiger partial charge in [0.05, 0.1) is 0 Å². The van der Waals surface area contributed by atoms with E-state index < -0.39 is 0 Å². The van der Waals surface area contributed by atoms with Crippen molar-refractivity contribution in [1.29, 1.82) is 0 Å². The molecule has 30 heavy (non-hydrogen) atoms. The van der Waals surface area contributed by atoms with Gasteiger partial charge in [-0.05, 0) is 79.5 Å². The maximum atomic E-state index is 12.6. The number of rotatable bonds is 7. The van der Waals surface area contributed by atoms with Crippen molar-refractivity contribution in [3.8, 4) is 17.2 Å². The van der Waals surface area contributed by atoms with Crippen molar-refractivity contribution >= 4 is 12.2 Å². The Hall–Kier alpha value is -3.31. The maximum Gasteiger partial charge on any atom is 0.255 e. The second-order valence-corrected chi connectivity index (χ2v) is 7.48. The predicted molar refractivity (Wildman–Crippen MR) is 120 cm³/mol. The van der Waals surface area contributed by atoms with Crippen LogP contribution in [0.15, 0.2) is 71.7 Å². The molecule has 0 spiro atoms. The van der Waals surface area contributed by atoms with Crippen LogP contribution in [0.2, 0.25) is 0 Å². The number of likely N-dealkylation sites (tertiary alicyclic amines) is 1. The van der Waals surface area contributed by atoms with Crippen molar-refractivity contribution in [1.82, 2.24) is 9.47 Å². The van der Waals surface area contributed by atoms with Crippen LogP contribution in [-0.2, 0) is 0 Å². The Kier molecular flexibility index (Phi) is 6.30. The summed E-state index contributed by atoms with van der Waals surface area (Å²) < 4.78 is 7.45. The van der Waals surface area contributed by atoms with Crippen molar-refractivity contribution < 1.29 is 9.84 Å². The largest absolute Gasteiger partial charge is 0.508 e. The third-order valence-corrected chi connectivity index (χ3v) is 5.29. The average molecular weight is 402 g/mol. The Morgan fingerprint density at radius 2 is 1.60 bits per heavy atom. The van der Waals surface area contributed by atoms with Crippen molar-refractivity contribution in [3.05, 3.63) is 88.3 Å². The Morgan fingerprint density at radius 1 is 0.900 bits per heavy atom. The molecule has 1 saturated heterocycles. The first-order chi connectivity index (χ1) is 14.7. The summed E-state index contributed by atoms with van der Waals surface area (Å²) >= 11 is 0. The summed E-state index contributed by atoms with van der Waals surface area (Å²) in [6.07, 6.45) is 8.15. The SMILES string of the molecule is O=c1cc(C=Cc2ccc(O)cc2)ccn1-c1ccc(OCCN2CCCC2)cc1. The highest BCUT2D eigenvalue weighted by atomic mass is 16.5. The van der Waals surface area contributed by atoms with E-state index in [0.29, 0.717) is 6.61 Å². The van der Waals surface area contributed by atoms with Gasteiger partial charge in [-0.2, -0.15) is 0 Å². The number of hydrogen-bond donors (Lipinski definition) is 1. The number of aromatic nitrogens is 1. The highest BCUT2D eigenvalue weighted by molar-refractivity contribution is 5.69. The Morgan fingerprint density at radius 3 is 2.30 bits per heavy atom. The molecule has 4 rings (SSSR count). The van der Waals surface area contributed by atoms with E-state index in [0.717, 1.165) is 29.1 Å². The first-order valence-electron chi connectivity index (χ1n) is 10.3. The fourth-order valence-corrected chi connectivity index (χ4v) is 3.59. The lowest BCUT2D eigenvalue weighted by Crippen LogP contribution is -2.25. The summed E-state index contributed by atoms with van der Waals surface area (Å²) in [6, 6.07) is 18.0. The van der Waals surface area contributed by atoms with Crippen molar-refractivity contribution in [2.75, 3.05) is 26.2 Å². The van der Waals surface area contributed by atoms with Crippen molar-refractivity contribution in [2.45, 2.75) is 12.8 Å². The number of nitrogens with zero attached hydrogens (tertiary/aromatic N) is 2. The minimum atomic E-state index is -0.0921. The minimum Gasteiger partial charge on any atom is -0.508 e. The van der Waals surface area contributed by atoms with Crippen LogP contribution < -0.4 is 10.3 Å². The monoisotopic (exact) mass is 402 g/mol. The second-order valence-electron chi connectivity index (χ2n) is 7.48. The van der Waals surface area contributed by atoms with Gasteiger partial charge in [0.25, 0.3) is 5.56 Å². The summed E-state index contributed by atoms with van der Waals surface area (Å²) in [4.78, 5) is 15.0. The molecule has 154 valence electrons. The van der Waals surface area contributed by atoms with Gasteiger partial charge >= 0.3 is 0 Å². The molecule has 2 aromatic carbocycles. The predicted octanol–water partition coefficient (Wildman–Crippen LogP) is 4.19. The third-order valence-electron chi connectivity index (χ3n) is 5.29. The number of pyridine rings is 1. The molecule has 0 amide bonds. The van der Waals surface area contributed by atoms with Gasteiger partial charge < -0.3 is 9.84 Å². The van der Waals surface area contributed by atoms with E-state index in [4.69, 9.17) is 4.74 Å². The highest BCUT2D eigenvalue weighted by Gasteiger charge is 2.10. The number of ether oxygens (including phenoxy) is 1. The Balaban J connectivity index is 1.38. The molecule has 0 atom stereocenters. The van der Waals surface area contributed by atoms with Crippen LogP contribution in [0.4, 0.5) is 0 Å². The van der Waals surface area contributed by atoms with Gasteiger partial charge in [0.1, 0.15) is 18.1 Å². The molecule has 0 radical (unpaired) electrons. The number of hydrogen-bond acceptors (Lipinski definition) is 4. The van der Waals surface area contributed by atoms with Crippen LogP contribution in [0, 0.1) is 0 Å². The summed E-state index contributed by atoms with van der Waals surface area (Å²) in [5, 5.41) is 9.34. The van der Waals surface area contributed by atoms with Gasteiger partial charge in [-0.15, -0.1) is 0 Å². The van der Waals surface area contributed by atoms with Crippen LogP contribution in [0.5, 0.6) is 11.5 Å². The maximum absolute atomic E-state index is 12.6. The van der Waals surface area contributed by atoms with E-state index in [2.05, 4.69) is 4.90 Å². The zero-order valence-corrected chi connectivity index (χ0v) is 16.9. The molecule has 3 aromatic rings. The number of phenols is 1. The lowest BCUT2D eigenvalue weighted by atomic mass is 10.1. The van der Waals surface area contributed by atoms with Crippen LogP contribution >= 0.6 is 0 Å². The summed E-state index contributed by atoms with van der Waals surface area (Å²) in [6.45, 7) is 3.98. The smallest absolute Gasteiger partial charge is 0.255 e. The van der Waals surface area contributed by atoms with E-state index in [9.17, 15) is 9.90 Å². The molecular weight excluding hydrogens is 376 g/mol. The van der Waals surface area contributed by atoms with Crippen LogP contribution in [0.25, 0.3) is 17.8 Å². The van der Waals surface area contributed by atoms with Crippen LogP contribution in [0.1, 0.15) is 24.0 Å². The topological polar surface area (TPSA) is 54.7 Å². The van der Waals surface area contributed by atoms with Gasteiger partial charge in [0.2, 0.25) is 0 Å². The highest BCUT2D eigenvalue weighted by Crippen LogP contribution is 2.16. The van der Waals surface area contributed by atoms with Gasteiger partial charge in [-0.25, -0.2) is 0 Å². The molecule has 2 heterocycles. The first-order valence-corrected chi connectivity index (χ1v) is 10.3. The van der Waals surface area contributed by atoms with E-state index >= 15 is 0 Å². The Bertz CT molecular complexity index is 1050. The molecule has 1 aliphatic rings. The molecule has 1 aromatic heterocycles. The molecule has 0 bridgehead atoms. The summed E-state index contributed by atoms with van der Waals surface area (Å²) in [7, 11) is 0. The molecule has 0 aliphatic carbocycles. The number of aromatic hydroxyl groups is 1. The average Bonchev–Trinajstić information content (AvgIpc) is 3.28. The normalized spacial score (nSPS) is 14.4. The van der Waals surface area contributed by atoms with Gasteiger partial charge in [-0.1, -0.05) is 24.3 Å². The Labute approximate surface area is 176 Å². The van der Waals surface area contributed by atoms with E-state index in [1.807, 2.05) is 54.6 Å². The fourth-order valence-electron chi connectivity index (χ4n) is 3.59. The zero-order valence-electron chi connectivity index (χ0n) is 16.9. The number of phenolic OH excluding ortho intramolecular Hbond substituents is 1. The first kappa shape index (κ1) is 20.0. The molecule has 5 heteroatoms. The van der Waals surface area contributed by atoms with Gasteiger partial charge in [0, 0.05) is 24.5 Å². The molecule has 0 saturated carbocycles.